The van der Waals surface area contributed by atoms with E-state index in [4.69, 9.17) is 4.74 Å². The SMILES string of the molecule is Cc1nc2c(C(=O)OC3C(C)CC(C)CC3C)c(S(=O)(=O)c3ccccc3)cn2[nH]1. The fourth-order valence-electron chi connectivity index (χ4n) is 4.76. The van der Waals surface area contributed by atoms with Gasteiger partial charge in [-0.1, -0.05) is 39.0 Å². The van der Waals surface area contributed by atoms with Crippen molar-refractivity contribution < 1.29 is 17.9 Å². The summed E-state index contributed by atoms with van der Waals surface area (Å²) in [6.07, 6.45) is 3.11. The molecule has 2 heterocycles. The number of sulfone groups is 1. The number of aryl methyl sites for hydroxylation is 1. The summed E-state index contributed by atoms with van der Waals surface area (Å²) in [5.41, 5.74) is 0.248. The Morgan fingerprint density at radius 3 is 2.40 bits per heavy atom. The first-order valence-corrected chi connectivity index (χ1v) is 11.8. The van der Waals surface area contributed by atoms with Gasteiger partial charge in [0.2, 0.25) is 9.84 Å². The molecule has 1 fully saturated rings. The number of benzene rings is 1. The largest absolute Gasteiger partial charge is 0.458 e. The minimum atomic E-state index is -3.92. The monoisotopic (exact) mass is 429 g/mol. The molecule has 4 rings (SSSR count). The zero-order valence-electron chi connectivity index (χ0n) is 17.6. The molecular formula is C22H27N3O4S. The van der Waals surface area contributed by atoms with Gasteiger partial charge in [-0.05, 0) is 49.7 Å². The number of rotatable bonds is 4. The zero-order chi connectivity index (χ0) is 21.6. The van der Waals surface area contributed by atoms with E-state index in [1.807, 2.05) is 0 Å². The standard InChI is InChI=1S/C22H27N3O4S/c1-13-10-14(2)20(15(3)11-13)29-22(26)19-18(12-25-21(19)23-16(4)24-25)30(27,28)17-8-6-5-7-9-17/h5-9,12-15,20H,10-11H2,1-4H3,(H,23,24). The molecule has 1 aromatic carbocycles. The van der Waals surface area contributed by atoms with Crippen LogP contribution in [0.1, 0.15) is 49.8 Å². The van der Waals surface area contributed by atoms with E-state index in [1.165, 1.54) is 22.8 Å². The van der Waals surface area contributed by atoms with Crippen LogP contribution in [0.4, 0.5) is 0 Å². The van der Waals surface area contributed by atoms with Gasteiger partial charge in [0, 0.05) is 6.20 Å². The van der Waals surface area contributed by atoms with Crippen molar-refractivity contribution in [3.63, 3.8) is 0 Å². The highest BCUT2D eigenvalue weighted by molar-refractivity contribution is 7.91. The Kier molecular flexibility index (Phi) is 5.22. The summed E-state index contributed by atoms with van der Waals surface area (Å²) in [6.45, 7) is 8.12. The number of H-pyrrole nitrogens is 1. The van der Waals surface area contributed by atoms with E-state index in [1.54, 1.807) is 25.1 Å². The molecule has 0 amide bonds. The van der Waals surface area contributed by atoms with Crippen molar-refractivity contribution in [2.45, 2.75) is 56.4 Å². The van der Waals surface area contributed by atoms with Crippen LogP contribution in [0, 0.1) is 24.7 Å². The average Bonchev–Trinajstić information content (AvgIpc) is 3.21. The van der Waals surface area contributed by atoms with E-state index >= 15 is 0 Å². The van der Waals surface area contributed by atoms with Gasteiger partial charge in [0.05, 0.1) is 4.90 Å². The van der Waals surface area contributed by atoms with Gasteiger partial charge < -0.3 is 4.74 Å². The number of hydrogen-bond acceptors (Lipinski definition) is 5. The quantitative estimate of drug-likeness (QED) is 0.632. The number of carbonyl (C=O) groups excluding carboxylic acids is 1. The third-order valence-corrected chi connectivity index (χ3v) is 7.74. The molecule has 0 bridgehead atoms. The van der Waals surface area contributed by atoms with Crippen LogP contribution in [-0.4, -0.2) is 35.1 Å². The number of esters is 1. The summed E-state index contributed by atoms with van der Waals surface area (Å²) < 4.78 is 34.0. The van der Waals surface area contributed by atoms with Crippen LogP contribution in [0.2, 0.25) is 0 Å². The minimum absolute atomic E-state index is 0.0128. The average molecular weight is 430 g/mol. The maximum Gasteiger partial charge on any atom is 0.343 e. The van der Waals surface area contributed by atoms with Crippen LogP contribution < -0.4 is 0 Å². The molecule has 1 aliphatic rings. The second-order valence-electron chi connectivity index (χ2n) is 8.59. The Balaban J connectivity index is 1.78. The highest BCUT2D eigenvalue weighted by Gasteiger charge is 2.37. The molecule has 0 aliphatic heterocycles. The van der Waals surface area contributed by atoms with E-state index in [-0.39, 0.29) is 38.9 Å². The van der Waals surface area contributed by atoms with Crippen molar-refractivity contribution in [1.29, 1.82) is 0 Å². The van der Waals surface area contributed by atoms with Crippen LogP contribution in [0.15, 0.2) is 46.3 Å². The smallest absolute Gasteiger partial charge is 0.343 e. The molecule has 0 radical (unpaired) electrons. The lowest BCUT2D eigenvalue weighted by atomic mass is 9.75. The van der Waals surface area contributed by atoms with E-state index in [2.05, 4.69) is 30.9 Å². The second-order valence-corrected chi connectivity index (χ2v) is 10.5. The molecule has 1 saturated carbocycles. The van der Waals surface area contributed by atoms with E-state index in [0.717, 1.165) is 12.8 Å². The second kappa shape index (κ2) is 7.58. The molecule has 8 heteroatoms. The Morgan fingerprint density at radius 2 is 1.77 bits per heavy atom. The number of aromatic amines is 1. The molecule has 160 valence electrons. The first-order valence-electron chi connectivity index (χ1n) is 10.3. The predicted octanol–water partition coefficient (Wildman–Crippen LogP) is 4.03. The molecule has 1 aliphatic carbocycles. The molecule has 3 aromatic rings. The van der Waals surface area contributed by atoms with Crippen molar-refractivity contribution in [3.05, 3.63) is 47.9 Å². The minimum Gasteiger partial charge on any atom is -0.458 e. The molecule has 2 atom stereocenters. The van der Waals surface area contributed by atoms with Gasteiger partial charge in [-0.2, -0.15) is 0 Å². The van der Waals surface area contributed by atoms with Crippen LogP contribution in [-0.2, 0) is 14.6 Å². The maximum absolute atomic E-state index is 13.3. The Labute approximate surface area is 176 Å². The fraction of sp³-hybridized carbons (Fsp3) is 0.455. The molecule has 0 saturated heterocycles. The third kappa shape index (κ3) is 3.53. The Morgan fingerprint density at radius 1 is 1.13 bits per heavy atom. The van der Waals surface area contributed by atoms with Crippen molar-refractivity contribution in [2.75, 3.05) is 0 Å². The van der Waals surface area contributed by atoms with E-state index in [0.29, 0.717) is 11.7 Å². The number of carbonyl (C=O) groups is 1. The number of fused-ring (bicyclic) bond motifs is 1. The van der Waals surface area contributed by atoms with E-state index in [9.17, 15) is 13.2 Å². The number of nitrogens with zero attached hydrogens (tertiary/aromatic N) is 2. The number of ether oxygens (including phenoxy) is 1. The molecule has 7 nitrogen and oxygen atoms in total. The molecule has 2 unspecified atom stereocenters. The van der Waals surface area contributed by atoms with Gasteiger partial charge in [-0.25, -0.2) is 22.7 Å². The van der Waals surface area contributed by atoms with Gasteiger partial charge >= 0.3 is 5.97 Å². The molecular weight excluding hydrogens is 402 g/mol. The normalized spacial score (nSPS) is 24.8. The van der Waals surface area contributed by atoms with Crippen LogP contribution in [0.3, 0.4) is 0 Å². The number of aromatic nitrogens is 3. The summed E-state index contributed by atoms with van der Waals surface area (Å²) in [5, 5.41) is 2.96. The van der Waals surface area contributed by atoms with Gasteiger partial charge in [-0.3, -0.25) is 5.10 Å². The molecule has 2 aromatic heterocycles. The summed E-state index contributed by atoms with van der Waals surface area (Å²) in [4.78, 5) is 17.7. The van der Waals surface area contributed by atoms with Gasteiger partial charge in [0.15, 0.2) is 5.65 Å². The van der Waals surface area contributed by atoms with Crippen LogP contribution in [0.25, 0.3) is 5.65 Å². The van der Waals surface area contributed by atoms with Crippen LogP contribution in [0.5, 0.6) is 0 Å². The van der Waals surface area contributed by atoms with Crippen molar-refractivity contribution in [3.8, 4) is 0 Å². The van der Waals surface area contributed by atoms with Crippen molar-refractivity contribution in [1.82, 2.24) is 14.6 Å². The lowest BCUT2D eigenvalue weighted by Crippen LogP contribution is -2.37. The third-order valence-electron chi connectivity index (χ3n) is 5.96. The van der Waals surface area contributed by atoms with Crippen molar-refractivity contribution >= 4 is 21.5 Å². The summed E-state index contributed by atoms with van der Waals surface area (Å²) >= 11 is 0. The van der Waals surface area contributed by atoms with Gasteiger partial charge in [0.1, 0.15) is 22.4 Å². The van der Waals surface area contributed by atoms with E-state index < -0.39 is 15.8 Å². The lowest BCUT2D eigenvalue weighted by molar-refractivity contribution is -0.0253. The Hall–Kier alpha value is -2.61. The fourth-order valence-corrected chi connectivity index (χ4v) is 6.22. The summed E-state index contributed by atoms with van der Waals surface area (Å²) in [7, 11) is -3.92. The predicted molar refractivity (Wildman–Crippen MR) is 112 cm³/mol. The highest BCUT2D eigenvalue weighted by Crippen LogP contribution is 2.36. The van der Waals surface area contributed by atoms with Gasteiger partial charge in [-0.15, -0.1) is 0 Å². The number of hydrogen-bond donors (Lipinski definition) is 1. The summed E-state index contributed by atoms with van der Waals surface area (Å²) in [6, 6.07) is 8.09. The first kappa shape index (κ1) is 20.7. The van der Waals surface area contributed by atoms with Gasteiger partial charge in [0.25, 0.3) is 0 Å². The molecule has 0 spiro atoms. The highest BCUT2D eigenvalue weighted by atomic mass is 32.2. The first-order chi connectivity index (χ1) is 14.2. The summed E-state index contributed by atoms with van der Waals surface area (Å²) in [5.74, 6) is 0.934. The molecule has 30 heavy (non-hydrogen) atoms. The topological polar surface area (TPSA) is 93.5 Å². The Bertz CT molecular complexity index is 1170. The lowest BCUT2D eigenvalue weighted by Gasteiger charge is -2.37. The maximum atomic E-state index is 13.3. The zero-order valence-corrected chi connectivity index (χ0v) is 18.4. The number of nitrogens with one attached hydrogen (secondary N) is 1. The molecule has 1 N–H and O–H groups in total. The van der Waals surface area contributed by atoms with Crippen molar-refractivity contribution in [2.24, 2.45) is 17.8 Å². The van der Waals surface area contributed by atoms with Crippen LogP contribution >= 0.6 is 0 Å².